The van der Waals surface area contributed by atoms with E-state index in [2.05, 4.69) is 55.4 Å². The van der Waals surface area contributed by atoms with Gasteiger partial charge in [0.1, 0.15) is 6.17 Å². The Morgan fingerprint density at radius 2 is 2.00 bits per heavy atom. The summed E-state index contributed by atoms with van der Waals surface area (Å²) in [5.41, 5.74) is 10.9. The number of benzene rings is 2. The van der Waals surface area contributed by atoms with Crippen molar-refractivity contribution in [1.29, 1.82) is 0 Å². The summed E-state index contributed by atoms with van der Waals surface area (Å²) in [6.07, 6.45) is -0.469. The fourth-order valence-corrected chi connectivity index (χ4v) is 5.16. The maximum atomic E-state index is 12.4. The number of aromatic nitrogens is 2. The fraction of sp³-hybridized carbons (Fsp3) is 0.280. The Labute approximate surface area is 201 Å². The number of ether oxygens (including phenoxy) is 1. The van der Waals surface area contributed by atoms with Crippen molar-refractivity contribution in [2.24, 2.45) is 5.73 Å². The molecule has 2 aromatic heterocycles. The van der Waals surface area contributed by atoms with Crippen LogP contribution in [0.3, 0.4) is 0 Å². The summed E-state index contributed by atoms with van der Waals surface area (Å²) < 4.78 is 5.47. The molecule has 4 aromatic rings. The number of thiophene rings is 1. The van der Waals surface area contributed by atoms with E-state index in [1.165, 1.54) is 11.1 Å². The van der Waals surface area contributed by atoms with Crippen LogP contribution in [0.15, 0.2) is 58.7 Å². The average Bonchev–Trinajstić information content (AvgIpc) is 3.37. The van der Waals surface area contributed by atoms with Gasteiger partial charge in [-0.05, 0) is 53.4 Å². The van der Waals surface area contributed by atoms with Crippen LogP contribution in [0.2, 0.25) is 0 Å². The third-order valence-corrected chi connectivity index (χ3v) is 7.08. The first-order valence-corrected chi connectivity index (χ1v) is 12.2. The van der Waals surface area contributed by atoms with Gasteiger partial charge in [-0.2, -0.15) is 5.10 Å². The first kappa shape index (κ1) is 22.5. The smallest absolute Gasteiger partial charge is 0.272 e. The molecule has 5 rings (SSSR count). The number of nitrogens with one attached hydrogen (secondary N) is 3. The van der Waals surface area contributed by atoms with Crippen molar-refractivity contribution in [3.63, 3.8) is 0 Å². The van der Waals surface area contributed by atoms with Crippen LogP contribution in [0.4, 0.5) is 11.5 Å². The number of nitrogens with zero attached hydrogens (tertiary/aromatic N) is 2. The Morgan fingerprint density at radius 3 is 2.82 bits per heavy atom. The van der Waals surface area contributed by atoms with Crippen molar-refractivity contribution in [3.8, 4) is 11.1 Å². The SMILES string of the molecule is CNCc1ccccc1-c1csc([C@@H](N)Nc2n[nH]c(=O)c3ccc(N4CCOCC4)cc23)c1. The number of anilines is 2. The van der Waals surface area contributed by atoms with Gasteiger partial charge >= 0.3 is 0 Å². The van der Waals surface area contributed by atoms with Gasteiger partial charge in [0.05, 0.1) is 18.6 Å². The van der Waals surface area contributed by atoms with E-state index in [1.807, 2.05) is 31.3 Å². The summed E-state index contributed by atoms with van der Waals surface area (Å²) >= 11 is 1.60. The molecule has 0 amide bonds. The second-order valence-electron chi connectivity index (χ2n) is 8.28. The molecule has 3 heterocycles. The molecule has 0 spiro atoms. The summed E-state index contributed by atoms with van der Waals surface area (Å²) in [5.74, 6) is 0.558. The van der Waals surface area contributed by atoms with Crippen LogP contribution in [-0.2, 0) is 11.3 Å². The summed E-state index contributed by atoms with van der Waals surface area (Å²) in [4.78, 5) is 15.6. The minimum absolute atomic E-state index is 0.220. The highest BCUT2D eigenvalue weighted by atomic mass is 32.1. The number of H-pyrrole nitrogens is 1. The molecule has 0 aliphatic carbocycles. The first-order valence-electron chi connectivity index (χ1n) is 11.3. The van der Waals surface area contributed by atoms with E-state index in [-0.39, 0.29) is 5.56 Å². The number of morpholine rings is 1. The van der Waals surface area contributed by atoms with Gasteiger partial charge in [-0.3, -0.25) is 4.79 Å². The molecule has 2 aromatic carbocycles. The maximum Gasteiger partial charge on any atom is 0.272 e. The predicted octanol–water partition coefficient (Wildman–Crippen LogP) is 3.28. The summed E-state index contributed by atoms with van der Waals surface area (Å²) in [6.45, 7) is 3.82. The lowest BCUT2D eigenvalue weighted by molar-refractivity contribution is 0.122. The molecule has 0 saturated carbocycles. The molecule has 1 saturated heterocycles. The summed E-state index contributed by atoms with van der Waals surface area (Å²) in [5, 5.41) is 16.9. The van der Waals surface area contributed by atoms with Crippen molar-refractivity contribution < 1.29 is 4.74 Å². The molecule has 176 valence electrons. The van der Waals surface area contributed by atoms with Gasteiger partial charge in [0, 0.05) is 35.6 Å². The number of fused-ring (bicyclic) bond motifs is 1. The topological polar surface area (TPSA) is 108 Å². The number of nitrogens with two attached hydrogens (primary N) is 1. The van der Waals surface area contributed by atoms with Gasteiger partial charge in [0.2, 0.25) is 0 Å². The zero-order valence-corrected chi connectivity index (χ0v) is 19.8. The van der Waals surface area contributed by atoms with Crippen LogP contribution < -0.4 is 26.8 Å². The van der Waals surface area contributed by atoms with E-state index in [0.29, 0.717) is 24.4 Å². The van der Waals surface area contributed by atoms with E-state index in [9.17, 15) is 4.79 Å². The molecule has 1 fully saturated rings. The second-order valence-corrected chi connectivity index (χ2v) is 9.22. The molecule has 1 aliphatic rings. The minimum atomic E-state index is -0.469. The van der Waals surface area contributed by atoms with Crippen LogP contribution in [-0.4, -0.2) is 43.5 Å². The molecule has 34 heavy (non-hydrogen) atoms. The Morgan fingerprint density at radius 1 is 1.18 bits per heavy atom. The Balaban J connectivity index is 1.43. The quantitative estimate of drug-likeness (QED) is 0.303. The Kier molecular flexibility index (Phi) is 6.59. The molecular formula is C25H28N6O2S. The van der Waals surface area contributed by atoms with Gasteiger partial charge in [-0.15, -0.1) is 11.3 Å². The number of hydrogen-bond acceptors (Lipinski definition) is 8. The molecule has 9 heteroatoms. The van der Waals surface area contributed by atoms with Gasteiger partial charge in [-0.1, -0.05) is 24.3 Å². The molecule has 0 bridgehead atoms. The van der Waals surface area contributed by atoms with Crippen LogP contribution in [0.1, 0.15) is 16.6 Å². The van der Waals surface area contributed by atoms with Crippen molar-refractivity contribution in [3.05, 3.63) is 74.7 Å². The monoisotopic (exact) mass is 476 g/mol. The highest BCUT2D eigenvalue weighted by Gasteiger charge is 2.17. The molecule has 8 nitrogen and oxygen atoms in total. The molecule has 1 aliphatic heterocycles. The lowest BCUT2D eigenvalue weighted by atomic mass is 10.0. The third kappa shape index (κ3) is 4.55. The second kappa shape index (κ2) is 9.94. The number of rotatable bonds is 7. The van der Waals surface area contributed by atoms with E-state index in [4.69, 9.17) is 10.5 Å². The normalized spacial score (nSPS) is 14.9. The van der Waals surface area contributed by atoms with E-state index >= 15 is 0 Å². The molecular weight excluding hydrogens is 448 g/mol. The molecule has 0 unspecified atom stereocenters. The number of hydrogen-bond donors (Lipinski definition) is 4. The summed E-state index contributed by atoms with van der Waals surface area (Å²) in [7, 11) is 1.95. The van der Waals surface area contributed by atoms with Crippen LogP contribution in [0.5, 0.6) is 0 Å². The molecule has 0 radical (unpaired) electrons. The van der Waals surface area contributed by atoms with Crippen molar-refractivity contribution in [2.45, 2.75) is 12.7 Å². The van der Waals surface area contributed by atoms with Crippen molar-refractivity contribution >= 4 is 33.6 Å². The van der Waals surface area contributed by atoms with Gasteiger partial charge in [0.25, 0.3) is 5.56 Å². The Hall–Kier alpha value is -3.24. The zero-order valence-electron chi connectivity index (χ0n) is 19.0. The molecule has 1 atom stereocenters. The maximum absolute atomic E-state index is 12.4. The highest BCUT2D eigenvalue weighted by Crippen LogP contribution is 2.32. The van der Waals surface area contributed by atoms with E-state index < -0.39 is 6.17 Å². The minimum Gasteiger partial charge on any atom is -0.378 e. The van der Waals surface area contributed by atoms with Gasteiger partial charge in [0.15, 0.2) is 5.82 Å². The highest BCUT2D eigenvalue weighted by molar-refractivity contribution is 7.10. The van der Waals surface area contributed by atoms with Crippen LogP contribution in [0.25, 0.3) is 21.9 Å². The van der Waals surface area contributed by atoms with Crippen molar-refractivity contribution in [1.82, 2.24) is 15.5 Å². The fourth-order valence-electron chi connectivity index (χ4n) is 4.30. The van der Waals surface area contributed by atoms with E-state index in [1.54, 1.807) is 11.3 Å². The van der Waals surface area contributed by atoms with Crippen molar-refractivity contribution in [2.75, 3.05) is 43.6 Å². The molecule has 5 N–H and O–H groups in total. The van der Waals surface area contributed by atoms with E-state index in [0.717, 1.165) is 41.1 Å². The van der Waals surface area contributed by atoms with Crippen LogP contribution >= 0.6 is 11.3 Å². The predicted molar refractivity (Wildman–Crippen MR) is 138 cm³/mol. The summed E-state index contributed by atoms with van der Waals surface area (Å²) in [6, 6.07) is 16.3. The van der Waals surface area contributed by atoms with Crippen LogP contribution in [0, 0.1) is 0 Å². The number of aromatic amines is 1. The lowest BCUT2D eigenvalue weighted by Crippen LogP contribution is -2.36. The Bertz CT molecular complexity index is 1340. The zero-order chi connectivity index (χ0) is 23.5. The largest absolute Gasteiger partial charge is 0.378 e. The lowest BCUT2D eigenvalue weighted by Gasteiger charge is -2.29. The first-order chi connectivity index (χ1) is 16.6. The van der Waals surface area contributed by atoms with Gasteiger partial charge < -0.3 is 26.0 Å². The third-order valence-electron chi connectivity index (χ3n) is 6.06. The average molecular weight is 477 g/mol. The van der Waals surface area contributed by atoms with Gasteiger partial charge in [-0.25, -0.2) is 5.10 Å². The standard InChI is InChI=1S/C25H28N6O2S/c1-27-14-16-4-2-3-5-19(16)17-12-22(34-15-17)23(26)28-24-21-13-18(31-8-10-33-11-9-31)6-7-20(21)25(32)30-29-24/h2-7,12-13,15,23,27H,8-11,14,26H2,1H3,(H,28,29)(H,30,32)/t23-/m0/s1.